The predicted molar refractivity (Wildman–Crippen MR) is 90.7 cm³/mol. The van der Waals surface area contributed by atoms with E-state index in [1.807, 2.05) is 37.3 Å². The zero-order valence-electron chi connectivity index (χ0n) is 14.4. The molecule has 0 N–H and O–H groups in total. The van der Waals surface area contributed by atoms with Gasteiger partial charge in [0.25, 0.3) is 5.89 Å². The van der Waals surface area contributed by atoms with E-state index in [1.54, 1.807) is 4.90 Å². The zero-order valence-corrected chi connectivity index (χ0v) is 14.4. The van der Waals surface area contributed by atoms with Crippen LogP contribution >= 0.6 is 0 Å². The summed E-state index contributed by atoms with van der Waals surface area (Å²) in [5.41, 5.74) is 0.618. The highest BCUT2D eigenvalue weighted by molar-refractivity contribution is 5.70. The van der Waals surface area contributed by atoms with Crippen molar-refractivity contribution in [3.8, 4) is 11.5 Å². The monoisotopic (exact) mass is 342 g/mol. The Kier molecular flexibility index (Phi) is 4.17. The first-order chi connectivity index (χ1) is 12.2. The maximum atomic E-state index is 11.8. The average molecular weight is 342 g/mol. The number of hydrogen-bond donors (Lipinski definition) is 0. The molecule has 25 heavy (non-hydrogen) atoms. The normalized spacial score (nSPS) is 20.2. The first kappa shape index (κ1) is 16.1. The molecule has 7 nitrogen and oxygen atoms in total. The number of benzene rings is 1. The molecule has 0 radical (unpaired) electrons. The zero-order chi connectivity index (χ0) is 17.3. The summed E-state index contributed by atoms with van der Waals surface area (Å²) in [6.45, 7) is 5.76. The molecule has 3 heterocycles. The third kappa shape index (κ3) is 3.24. The van der Waals surface area contributed by atoms with Gasteiger partial charge in [0.2, 0.25) is 0 Å². The van der Waals surface area contributed by atoms with E-state index in [4.69, 9.17) is 9.26 Å². The first-order valence-corrected chi connectivity index (χ1v) is 8.76. The summed E-state index contributed by atoms with van der Waals surface area (Å²) < 4.78 is 11.0. The number of amides is 1. The highest BCUT2D eigenvalue weighted by Crippen LogP contribution is 2.33. The van der Waals surface area contributed by atoms with Crippen molar-refractivity contribution in [3.63, 3.8) is 0 Å². The lowest BCUT2D eigenvalue weighted by atomic mass is 9.91. The Labute approximate surface area is 146 Å². The standard InChI is InChI=1S/C18H22N4O3/c1-2-22-13-18(24-17(22)23)8-10-21(11-9-18)12-15-19-16(25-20-15)14-6-4-3-5-7-14/h3-7H,2,8-13H2,1H3. The lowest BCUT2D eigenvalue weighted by Gasteiger charge is -2.36. The van der Waals surface area contributed by atoms with Crippen LogP contribution in [0.1, 0.15) is 25.6 Å². The van der Waals surface area contributed by atoms with Crippen molar-refractivity contribution in [2.45, 2.75) is 31.9 Å². The van der Waals surface area contributed by atoms with Crippen LogP contribution in [0.4, 0.5) is 4.79 Å². The molecule has 2 aliphatic heterocycles. The third-order valence-electron chi connectivity index (χ3n) is 5.04. The maximum Gasteiger partial charge on any atom is 0.410 e. The van der Waals surface area contributed by atoms with Crippen molar-refractivity contribution >= 4 is 6.09 Å². The number of piperidine rings is 1. The van der Waals surface area contributed by atoms with Gasteiger partial charge < -0.3 is 14.2 Å². The molecule has 1 aromatic carbocycles. The molecule has 4 rings (SSSR count). The van der Waals surface area contributed by atoms with Crippen molar-refractivity contribution in [3.05, 3.63) is 36.2 Å². The molecular formula is C18H22N4O3. The lowest BCUT2D eigenvalue weighted by Crippen LogP contribution is -2.46. The number of nitrogens with zero attached hydrogens (tertiary/aromatic N) is 4. The Bertz CT molecular complexity index is 738. The summed E-state index contributed by atoms with van der Waals surface area (Å²) >= 11 is 0. The second-order valence-electron chi connectivity index (χ2n) is 6.72. The summed E-state index contributed by atoms with van der Waals surface area (Å²) in [6.07, 6.45) is 1.51. The Morgan fingerprint density at radius 3 is 2.64 bits per heavy atom. The minimum absolute atomic E-state index is 0.179. The van der Waals surface area contributed by atoms with Crippen LogP contribution in [0.5, 0.6) is 0 Å². The molecule has 7 heteroatoms. The van der Waals surface area contributed by atoms with Crippen molar-refractivity contribution in [1.29, 1.82) is 0 Å². The number of carbonyl (C=O) groups is 1. The molecule has 0 aliphatic carbocycles. The highest BCUT2D eigenvalue weighted by atomic mass is 16.6. The van der Waals surface area contributed by atoms with Gasteiger partial charge in [-0.2, -0.15) is 4.98 Å². The van der Waals surface area contributed by atoms with Crippen molar-refractivity contribution in [1.82, 2.24) is 19.9 Å². The topological polar surface area (TPSA) is 71.7 Å². The van der Waals surface area contributed by atoms with E-state index in [2.05, 4.69) is 15.0 Å². The van der Waals surface area contributed by atoms with E-state index in [9.17, 15) is 4.79 Å². The fraction of sp³-hybridized carbons (Fsp3) is 0.500. The molecule has 1 spiro atoms. The van der Waals surface area contributed by atoms with Gasteiger partial charge in [0, 0.05) is 38.0 Å². The Balaban J connectivity index is 1.35. The molecule has 132 valence electrons. The number of hydrogen-bond acceptors (Lipinski definition) is 6. The van der Waals surface area contributed by atoms with Gasteiger partial charge in [-0.25, -0.2) is 4.79 Å². The van der Waals surface area contributed by atoms with E-state index >= 15 is 0 Å². The maximum absolute atomic E-state index is 11.8. The average Bonchev–Trinajstić information content (AvgIpc) is 3.23. The minimum Gasteiger partial charge on any atom is -0.441 e. The van der Waals surface area contributed by atoms with Crippen LogP contribution in [0, 0.1) is 0 Å². The number of likely N-dealkylation sites (tertiary alicyclic amines) is 1. The van der Waals surface area contributed by atoms with Crippen LogP contribution in [0.3, 0.4) is 0 Å². The van der Waals surface area contributed by atoms with Crippen LogP contribution in [0.2, 0.25) is 0 Å². The van der Waals surface area contributed by atoms with Gasteiger partial charge in [0.15, 0.2) is 5.82 Å². The summed E-state index contributed by atoms with van der Waals surface area (Å²) in [6, 6.07) is 9.77. The van der Waals surface area contributed by atoms with Crippen LogP contribution in [0.15, 0.2) is 34.9 Å². The molecule has 2 aromatic rings. The van der Waals surface area contributed by atoms with E-state index < -0.39 is 0 Å². The largest absolute Gasteiger partial charge is 0.441 e. The van der Waals surface area contributed by atoms with Crippen molar-refractivity contribution < 1.29 is 14.1 Å². The van der Waals surface area contributed by atoms with Gasteiger partial charge >= 0.3 is 6.09 Å². The van der Waals surface area contributed by atoms with Gasteiger partial charge in [-0.05, 0) is 19.1 Å². The quantitative estimate of drug-likeness (QED) is 0.850. The van der Waals surface area contributed by atoms with Crippen LogP contribution < -0.4 is 0 Å². The number of carbonyl (C=O) groups excluding carboxylic acids is 1. The van der Waals surface area contributed by atoms with E-state index in [0.29, 0.717) is 31.3 Å². The van der Waals surface area contributed by atoms with Gasteiger partial charge in [-0.1, -0.05) is 23.4 Å². The Morgan fingerprint density at radius 2 is 1.96 bits per heavy atom. The lowest BCUT2D eigenvalue weighted by molar-refractivity contribution is -0.00190. The Hall–Kier alpha value is -2.41. The molecule has 0 unspecified atom stereocenters. The SMILES string of the molecule is CCN1CC2(CCN(Cc3noc(-c4ccccc4)n3)CC2)OC1=O. The molecule has 2 fully saturated rings. The molecule has 0 atom stereocenters. The van der Waals surface area contributed by atoms with Gasteiger partial charge in [0.05, 0.1) is 13.1 Å². The van der Waals surface area contributed by atoms with E-state index in [-0.39, 0.29) is 11.7 Å². The van der Waals surface area contributed by atoms with Gasteiger partial charge in [0.1, 0.15) is 5.60 Å². The molecule has 1 aromatic heterocycles. The first-order valence-electron chi connectivity index (χ1n) is 8.76. The van der Waals surface area contributed by atoms with Crippen molar-refractivity contribution in [2.24, 2.45) is 0 Å². The van der Waals surface area contributed by atoms with Gasteiger partial charge in [-0.15, -0.1) is 0 Å². The fourth-order valence-electron chi connectivity index (χ4n) is 3.53. The van der Waals surface area contributed by atoms with Crippen LogP contribution in [-0.4, -0.2) is 57.8 Å². The van der Waals surface area contributed by atoms with Gasteiger partial charge in [-0.3, -0.25) is 4.90 Å². The molecular weight excluding hydrogens is 320 g/mol. The Morgan fingerprint density at radius 1 is 1.20 bits per heavy atom. The van der Waals surface area contributed by atoms with E-state index in [0.717, 1.165) is 31.5 Å². The second-order valence-corrected chi connectivity index (χ2v) is 6.72. The smallest absolute Gasteiger partial charge is 0.410 e. The van der Waals surface area contributed by atoms with Crippen LogP contribution in [0.25, 0.3) is 11.5 Å². The van der Waals surface area contributed by atoms with E-state index in [1.165, 1.54) is 0 Å². The highest BCUT2D eigenvalue weighted by Gasteiger charge is 2.46. The second kappa shape index (κ2) is 6.48. The van der Waals surface area contributed by atoms with Crippen molar-refractivity contribution in [2.75, 3.05) is 26.2 Å². The molecule has 2 aliphatic rings. The van der Waals surface area contributed by atoms with Crippen LogP contribution in [-0.2, 0) is 11.3 Å². The number of rotatable bonds is 4. The summed E-state index contributed by atoms with van der Waals surface area (Å²) in [4.78, 5) is 20.4. The summed E-state index contributed by atoms with van der Waals surface area (Å²) in [7, 11) is 0. The predicted octanol–water partition coefficient (Wildman–Crippen LogP) is 2.54. The minimum atomic E-state index is -0.309. The number of aromatic nitrogens is 2. The number of likely N-dealkylation sites (N-methyl/N-ethyl adjacent to an activating group) is 1. The molecule has 1 amide bonds. The molecule has 2 saturated heterocycles. The number of ether oxygens (including phenoxy) is 1. The summed E-state index contributed by atoms with van der Waals surface area (Å²) in [5.74, 6) is 1.24. The molecule has 0 bridgehead atoms. The summed E-state index contributed by atoms with van der Waals surface area (Å²) in [5, 5.41) is 4.09. The molecule has 0 saturated carbocycles. The fourth-order valence-corrected chi connectivity index (χ4v) is 3.53. The third-order valence-corrected chi connectivity index (χ3v) is 5.04.